The van der Waals surface area contributed by atoms with Crippen LogP contribution in [0.2, 0.25) is 0 Å². The fourth-order valence-electron chi connectivity index (χ4n) is 1.22. The lowest BCUT2D eigenvalue weighted by atomic mass is 10.1. The predicted octanol–water partition coefficient (Wildman–Crippen LogP) is 1.02. The lowest BCUT2D eigenvalue weighted by molar-refractivity contribution is -0.137. The number of hydrogen-bond acceptors (Lipinski definition) is 5. The fourth-order valence-corrected chi connectivity index (χ4v) is 1.22. The SMILES string of the molecule is CC(C)CNc1ncc([C@@H](N)CC(=O)O)cn1. The second-order valence-electron chi connectivity index (χ2n) is 4.32. The van der Waals surface area contributed by atoms with Crippen LogP contribution in [0.5, 0.6) is 0 Å². The standard InChI is InChI=1S/C11H18N4O2/c1-7(2)4-13-11-14-5-8(6-15-11)9(12)3-10(16)17/h5-7,9H,3-4,12H2,1-2H3,(H,16,17)(H,13,14,15)/t9-/m0/s1. The molecule has 0 aromatic carbocycles. The Morgan fingerprint density at radius 3 is 2.53 bits per heavy atom. The third-order valence-corrected chi connectivity index (χ3v) is 2.16. The smallest absolute Gasteiger partial charge is 0.305 e. The van der Waals surface area contributed by atoms with E-state index in [0.29, 0.717) is 17.4 Å². The van der Waals surface area contributed by atoms with E-state index < -0.39 is 12.0 Å². The highest BCUT2D eigenvalue weighted by Crippen LogP contribution is 2.12. The molecule has 0 spiro atoms. The maximum atomic E-state index is 10.5. The number of carboxylic acids is 1. The Kier molecular flexibility index (Phi) is 4.84. The van der Waals surface area contributed by atoms with E-state index in [9.17, 15) is 4.79 Å². The van der Waals surface area contributed by atoms with E-state index in [4.69, 9.17) is 10.8 Å². The van der Waals surface area contributed by atoms with E-state index in [1.165, 1.54) is 0 Å². The van der Waals surface area contributed by atoms with E-state index in [0.717, 1.165) is 6.54 Å². The van der Waals surface area contributed by atoms with Crippen LogP contribution in [-0.4, -0.2) is 27.6 Å². The molecule has 0 radical (unpaired) electrons. The van der Waals surface area contributed by atoms with Crippen LogP contribution < -0.4 is 11.1 Å². The zero-order chi connectivity index (χ0) is 12.8. The molecule has 4 N–H and O–H groups in total. The summed E-state index contributed by atoms with van der Waals surface area (Å²) >= 11 is 0. The van der Waals surface area contributed by atoms with E-state index >= 15 is 0 Å². The summed E-state index contributed by atoms with van der Waals surface area (Å²) in [7, 11) is 0. The first-order chi connectivity index (χ1) is 7.99. The number of nitrogens with one attached hydrogen (secondary N) is 1. The normalized spacial score (nSPS) is 12.5. The number of rotatable bonds is 6. The molecular weight excluding hydrogens is 220 g/mol. The van der Waals surface area contributed by atoms with Crippen LogP contribution in [0, 0.1) is 5.92 Å². The van der Waals surface area contributed by atoms with Crippen molar-refractivity contribution in [2.75, 3.05) is 11.9 Å². The third kappa shape index (κ3) is 4.78. The van der Waals surface area contributed by atoms with Crippen molar-refractivity contribution in [3.05, 3.63) is 18.0 Å². The van der Waals surface area contributed by atoms with Crippen molar-refractivity contribution in [1.82, 2.24) is 9.97 Å². The Labute approximate surface area is 100 Å². The summed E-state index contributed by atoms with van der Waals surface area (Å²) in [6, 6.07) is -0.563. The van der Waals surface area contributed by atoms with Crippen molar-refractivity contribution in [2.24, 2.45) is 11.7 Å². The maximum Gasteiger partial charge on any atom is 0.305 e. The molecule has 0 saturated heterocycles. The first-order valence-corrected chi connectivity index (χ1v) is 5.52. The molecule has 1 aromatic rings. The van der Waals surface area contributed by atoms with E-state index in [2.05, 4.69) is 29.1 Å². The summed E-state index contributed by atoms with van der Waals surface area (Å²) in [5.41, 5.74) is 6.31. The van der Waals surface area contributed by atoms with Crippen LogP contribution in [0.3, 0.4) is 0 Å². The molecule has 1 atom stereocenters. The zero-order valence-electron chi connectivity index (χ0n) is 10.1. The molecule has 1 heterocycles. The average Bonchev–Trinajstić information content (AvgIpc) is 2.26. The molecule has 0 aliphatic rings. The summed E-state index contributed by atoms with van der Waals surface area (Å²) in [6.45, 7) is 4.97. The molecule has 6 heteroatoms. The van der Waals surface area contributed by atoms with Gasteiger partial charge in [-0.25, -0.2) is 9.97 Å². The number of aliphatic carboxylic acids is 1. The number of anilines is 1. The average molecular weight is 238 g/mol. The zero-order valence-corrected chi connectivity index (χ0v) is 10.1. The molecule has 0 bridgehead atoms. The van der Waals surface area contributed by atoms with Gasteiger partial charge in [-0.3, -0.25) is 4.79 Å². The number of hydrogen-bond donors (Lipinski definition) is 3. The van der Waals surface area contributed by atoms with Gasteiger partial charge in [0.25, 0.3) is 0 Å². The second kappa shape index (κ2) is 6.15. The van der Waals surface area contributed by atoms with Crippen molar-refractivity contribution in [3.63, 3.8) is 0 Å². The minimum atomic E-state index is -0.931. The minimum absolute atomic E-state index is 0.123. The Hall–Kier alpha value is -1.69. The van der Waals surface area contributed by atoms with Crippen LogP contribution in [-0.2, 0) is 4.79 Å². The van der Waals surface area contributed by atoms with Crippen LogP contribution in [0.1, 0.15) is 31.9 Å². The Balaban J connectivity index is 2.58. The maximum absolute atomic E-state index is 10.5. The summed E-state index contributed by atoms with van der Waals surface area (Å²) in [6.07, 6.45) is 2.99. The number of carbonyl (C=O) groups is 1. The van der Waals surface area contributed by atoms with Crippen LogP contribution in [0.4, 0.5) is 5.95 Å². The largest absolute Gasteiger partial charge is 0.481 e. The van der Waals surface area contributed by atoms with Gasteiger partial charge >= 0.3 is 5.97 Å². The van der Waals surface area contributed by atoms with E-state index in [-0.39, 0.29) is 6.42 Å². The number of nitrogens with two attached hydrogens (primary N) is 1. The molecule has 17 heavy (non-hydrogen) atoms. The summed E-state index contributed by atoms with van der Waals surface area (Å²) < 4.78 is 0. The highest BCUT2D eigenvalue weighted by Gasteiger charge is 2.11. The van der Waals surface area contributed by atoms with Gasteiger partial charge in [-0.15, -0.1) is 0 Å². The molecule has 0 unspecified atom stereocenters. The lowest BCUT2D eigenvalue weighted by Crippen LogP contribution is -2.16. The van der Waals surface area contributed by atoms with Gasteiger partial charge in [-0.1, -0.05) is 13.8 Å². The molecule has 1 aromatic heterocycles. The van der Waals surface area contributed by atoms with Gasteiger partial charge in [0.15, 0.2) is 0 Å². The van der Waals surface area contributed by atoms with Gasteiger partial charge in [0.1, 0.15) is 0 Å². The molecule has 94 valence electrons. The van der Waals surface area contributed by atoms with E-state index in [1.807, 2.05) is 0 Å². The second-order valence-corrected chi connectivity index (χ2v) is 4.32. The van der Waals surface area contributed by atoms with Gasteiger partial charge in [-0.05, 0) is 5.92 Å². The molecule has 0 saturated carbocycles. The third-order valence-electron chi connectivity index (χ3n) is 2.16. The van der Waals surface area contributed by atoms with Crippen LogP contribution in [0.25, 0.3) is 0 Å². The molecule has 0 aliphatic carbocycles. The highest BCUT2D eigenvalue weighted by atomic mass is 16.4. The number of aromatic nitrogens is 2. The van der Waals surface area contributed by atoms with Gasteiger partial charge in [0, 0.05) is 30.5 Å². The molecule has 0 amide bonds. The van der Waals surface area contributed by atoms with Crippen LogP contribution in [0.15, 0.2) is 12.4 Å². The quantitative estimate of drug-likeness (QED) is 0.684. The first-order valence-electron chi connectivity index (χ1n) is 5.52. The highest BCUT2D eigenvalue weighted by molar-refractivity contribution is 5.67. The molecule has 6 nitrogen and oxygen atoms in total. The summed E-state index contributed by atoms with van der Waals surface area (Å²) in [4.78, 5) is 18.7. The molecular formula is C11H18N4O2. The fraction of sp³-hybridized carbons (Fsp3) is 0.545. The molecule has 1 rings (SSSR count). The predicted molar refractivity (Wildman–Crippen MR) is 64.5 cm³/mol. The lowest BCUT2D eigenvalue weighted by Gasteiger charge is -2.10. The van der Waals surface area contributed by atoms with Crippen molar-refractivity contribution in [1.29, 1.82) is 0 Å². The van der Waals surface area contributed by atoms with Gasteiger partial charge in [0.2, 0.25) is 5.95 Å². The summed E-state index contributed by atoms with van der Waals surface area (Å²) in [5.74, 6) is 0.108. The Morgan fingerprint density at radius 1 is 1.47 bits per heavy atom. The number of carboxylic acid groups (broad SMARTS) is 1. The van der Waals surface area contributed by atoms with Crippen molar-refractivity contribution in [2.45, 2.75) is 26.3 Å². The van der Waals surface area contributed by atoms with E-state index in [1.54, 1.807) is 12.4 Å². The minimum Gasteiger partial charge on any atom is -0.481 e. The van der Waals surface area contributed by atoms with Crippen LogP contribution >= 0.6 is 0 Å². The first kappa shape index (κ1) is 13.4. The van der Waals surface area contributed by atoms with Gasteiger partial charge < -0.3 is 16.2 Å². The number of nitrogens with zero attached hydrogens (tertiary/aromatic N) is 2. The Bertz CT molecular complexity index is 364. The monoisotopic (exact) mass is 238 g/mol. The van der Waals surface area contributed by atoms with Crippen molar-refractivity contribution in [3.8, 4) is 0 Å². The topological polar surface area (TPSA) is 101 Å². The van der Waals surface area contributed by atoms with Crippen molar-refractivity contribution < 1.29 is 9.90 Å². The molecule has 0 fully saturated rings. The van der Waals surface area contributed by atoms with Crippen molar-refractivity contribution >= 4 is 11.9 Å². The van der Waals surface area contributed by atoms with Gasteiger partial charge in [0.05, 0.1) is 6.42 Å². The molecule has 0 aliphatic heterocycles. The Morgan fingerprint density at radius 2 is 2.06 bits per heavy atom. The summed E-state index contributed by atoms with van der Waals surface area (Å²) in [5, 5.41) is 11.7. The van der Waals surface area contributed by atoms with Gasteiger partial charge in [-0.2, -0.15) is 0 Å².